The van der Waals surface area contributed by atoms with Crippen molar-refractivity contribution in [2.75, 3.05) is 40.0 Å². The van der Waals surface area contributed by atoms with Crippen LogP contribution in [0.15, 0.2) is 24.3 Å². The fourth-order valence-electron chi connectivity index (χ4n) is 2.07. The number of rotatable bonds is 6. The summed E-state index contributed by atoms with van der Waals surface area (Å²) in [4.78, 5) is 13.8. The molecule has 1 aliphatic rings. The SMILES string of the molecule is COc1cccc(OCC(=O)OC(C)N2CCOCC2)c1. The van der Waals surface area contributed by atoms with Gasteiger partial charge in [-0.1, -0.05) is 6.07 Å². The number of methoxy groups -OCH3 is 1. The van der Waals surface area contributed by atoms with Crippen LogP contribution >= 0.6 is 0 Å². The van der Waals surface area contributed by atoms with E-state index < -0.39 is 5.97 Å². The maximum Gasteiger partial charge on any atom is 0.345 e. The molecule has 116 valence electrons. The van der Waals surface area contributed by atoms with E-state index in [1.165, 1.54) is 0 Å². The average molecular weight is 295 g/mol. The zero-order valence-electron chi connectivity index (χ0n) is 12.4. The van der Waals surface area contributed by atoms with Crippen molar-refractivity contribution in [3.8, 4) is 11.5 Å². The van der Waals surface area contributed by atoms with Crippen molar-refractivity contribution in [2.45, 2.75) is 13.2 Å². The van der Waals surface area contributed by atoms with Crippen molar-refractivity contribution < 1.29 is 23.7 Å². The third kappa shape index (κ3) is 4.91. The summed E-state index contributed by atoms with van der Waals surface area (Å²) in [6.45, 7) is 4.61. The lowest BCUT2D eigenvalue weighted by Crippen LogP contribution is -2.44. The van der Waals surface area contributed by atoms with Crippen molar-refractivity contribution in [1.29, 1.82) is 0 Å². The number of ether oxygens (including phenoxy) is 4. The lowest BCUT2D eigenvalue weighted by molar-refractivity contribution is -0.163. The lowest BCUT2D eigenvalue weighted by atomic mass is 10.3. The van der Waals surface area contributed by atoms with Gasteiger partial charge >= 0.3 is 5.97 Å². The first-order valence-electron chi connectivity index (χ1n) is 6.97. The molecule has 1 saturated heterocycles. The van der Waals surface area contributed by atoms with Gasteiger partial charge in [-0.3, -0.25) is 4.90 Å². The number of esters is 1. The molecule has 0 bridgehead atoms. The second-order valence-electron chi connectivity index (χ2n) is 4.71. The number of carbonyl (C=O) groups is 1. The molecule has 1 unspecified atom stereocenters. The van der Waals surface area contributed by atoms with Crippen LogP contribution in [0.1, 0.15) is 6.92 Å². The summed E-state index contributed by atoms with van der Waals surface area (Å²) in [5, 5.41) is 0. The molecular weight excluding hydrogens is 274 g/mol. The van der Waals surface area contributed by atoms with Gasteiger partial charge in [0.15, 0.2) is 12.8 Å². The molecule has 1 fully saturated rings. The topological polar surface area (TPSA) is 57.2 Å². The fourth-order valence-corrected chi connectivity index (χ4v) is 2.07. The number of hydrogen-bond donors (Lipinski definition) is 0. The van der Waals surface area contributed by atoms with Crippen LogP contribution < -0.4 is 9.47 Å². The molecule has 0 radical (unpaired) electrons. The highest BCUT2D eigenvalue weighted by Gasteiger charge is 2.20. The molecule has 0 amide bonds. The summed E-state index contributed by atoms with van der Waals surface area (Å²) in [5.41, 5.74) is 0. The molecule has 6 nitrogen and oxygen atoms in total. The second kappa shape index (κ2) is 7.85. The highest BCUT2D eigenvalue weighted by atomic mass is 16.6. The summed E-state index contributed by atoms with van der Waals surface area (Å²) in [7, 11) is 1.58. The van der Waals surface area contributed by atoms with Crippen molar-refractivity contribution in [3.05, 3.63) is 24.3 Å². The van der Waals surface area contributed by atoms with Crippen LogP contribution in [0.4, 0.5) is 0 Å². The lowest BCUT2D eigenvalue weighted by Gasteiger charge is -2.31. The maximum absolute atomic E-state index is 11.8. The molecule has 2 rings (SSSR count). The highest BCUT2D eigenvalue weighted by molar-refractivity contribution is 5.71. The molecule has 6 heteroatoms. The quantitative estimate of drug-likeness (QED) is 0.737. The van der Waals surface area contributed by atoms with Crippen LogP contribution in [0.25, 0.3) is 0 Å². The first kappa shape index (κ1) is 15.6. The minimum Gasteiger partial charge on any atom is -0.497 e. The second-order valence-corrected chi connectivity index (χ2v) is 4.71. The van der Waals surface area contributed by atoms with Crippen LogP contribution in [-0.2, 0) is 14.3 Å². The first-order chi connectivity index (χ1) is 10.2. The van der Waals surface area contributed by atoms with Crippen LogP contribution in [0.3, 0.4) is 0 Å². The molecule has 0 spiro atoms. The van der Waals surface area contributed by atoms with E-state index in [-0.39, 0.29) is 12.8 Å². The van der Waals surface area contributed by atoms with Gasteiger partial charge < -0.3 is 18.9 Å². The minimum absolute atomic E-state index is 0.123. The van der Waals surface area contributed by atoms with Crippen LogP contribution in [0, 0.1) is 0 Å². The van der Waals surface area contributed by atoms with Crippen molar-refractivity contribution >= 4 is 5.97 Å². The van der Waals surface area contributed by atoms with Gasteiger partial charge in [-0.15, -0.1) is 0 Å². The number of morpholine rings is 1. The Morgan fingerprint density at radius 3 is 2.76 bits per heavy atom. The Balaban J connectivity index is 1.75. The number of carbonyl (C=O) groups excluding carboxylic acids is 1. The van der Waals surface area contributed by atoms with Crippen molar-refractivity contribution in [1.82, 2.24) is 4.90 Å². The van der Waals surface area contributed by atoms with Gasteiger partial charge in [0.05, 0.1) is 20.3 Å². The van der Waals surface area contributed by atoms with Crippen molar-refractivity contribution in [3.63, 3.8) is 0 Å². The zero-order valence-corrected chi connectivity index (χ0v) is 12.4. The molecule has 0 N–H and O–H groups in total. The van der Waals surface area contributed by atoms with Gasteiger partial charge in [0, 0.05) is 19.2 Å². The molecule has 1 heterocycles. The molecular formula is C15H21NO5. The third-order valence-corrected chi connectivity index (χ3v) is 3.26. The van der Waals surface area contributed by atoms with E-state index in [2.05, 4.69) is 4.90 Å². The van der Waals surface area contributed by atoms with E-state index in [0.717, 1.165) is 13.1 Å². The Bertz CT molecular complexity index is 459. The van der Waals surface area contributed by atoms with E-state index >= 15 is 0 Å². The van der Waals surface area contributed by atoms with E-state index in [9.17, 15) is 4.79 Å². The number of nitrogens with zero attached hydrogens (tertiary/aromatic N) is 1. The minimum atomic E-state index is -0.392. The fraction of sp³-hybridized carbons (Fsp3) is 0.533. The zero-order chi connectivity index (χ0) is 15.1. The Labute approximate surface area is 124 Å². The summed E-state index contributed by atoms with van der Waals surface area (Å²) in [5.74, 6) is 0.865. The predicted octanol–water partition coefficient (Wildman–Crippen LogP) is 1.30. The summed E-state index contributed by atoms with van der Waals surface area (Å²) in [6, 6.07) is 7.10. The molecule has 0 aliphatic carbocycles. The molecule has 1 aromatic carbocycles. The molecule has 21 heavy (non-hydrogen) atoms. The highest BCUT2D eigenvalue weighted by Crippen LogP contribution is 2.18. The van der Waals surface area contributed by atoms with Crippen molar-refractivity contribution in [2.24, 2.45) is 0 Å². The normalized spacial score (nSPS) is 17.0. The molecule has 1 atom stereocenters. The molecule has 0 aromatic heterocycles. The first-order valence-corrected chi connectivity index (χ1v) is 6.97. The van der Waals surface area contributed by atoms with E-state index in [1.54, 1.807) is 25.3 Å². The number of hydrogen-bond acceptors (Lipinski definition) is 6. The van der Waals surface area contributed by atoms with E-state index in [1.807, 2.05) is 13.0 Å². The Hall–Kier alpha value is -1.79. The number of benzene rings is 1. The predicted molar refractivity (Wildman–Crippen MR) is 76.4 cm³/mol. The maximum atomic E-state index is 11.8. The summed E-state index contributed by atoms with van der Waals surface area (Å²) >= 11 is 0. The van der Waals surface area contributed by atoms with Crippen LogP contribution in [0.5, 0.6) is 11.5 Å². The van der Waals surface area contributed by atoms with Gasteiger partial charge in [0.25, 0.3) is 0 Å². The van der Waals surface area contributed by atoms with Gasteiger partial charge in [-0.25, -0.2) is 4.79 Å². The average Bonchev–Trinajstić information content (AvgIpc) is 2.54. The Morgan fingerprint density at radius 2 is 2.05 bits per heavy atom. The third-order valence-electron chi connectivity index (χ3n) is 3.26. The van der Waals surface area contributed by atoms with Gasteiger partial charge in [-0.05, 0) is 19.1 Å². The smallest absolute Gasteiger partial charge is 0.345 e. The molecule has 1 aromatic rings. The molecule has 1 aliphatic heterocycles. The van der Waals surface area contributed by atoms with E-state index in [0.29, 0.717) is 24.7 Å². The van der Waals surface area contributed by atoms with Gasteiger partial charge in [0.2, 0.25) is 0 Å². The van der Waals surface area contributed by atoms with Gasteiger partial charge in [0.1, 0.15) is 11.5 Å². The van der Waals surface area contributed by atoms with Gasteiger partial charge in [-0.2, -0.15) is 0 Å². The Kier molecular flexibility index (Phi) is 5.83. The van der Waals surface area contributed by atoms with E-state index in [4.69, 9.17) is 18.9 Å². The Morgan fingerprint density at radius 1 is 1.33 bits per heavy atom. The summed E-state index contributed by atoms with van der Waals surface area (Å²) in [6.07, 6.45) is -0.268. The largest absolute Gasteiger partial charge is 0.497 e. The standard InChI is InChI=1S/C15H21NO5/c1-12(16-6-8-19-9-7-16)21-15(17)11-20-14-5-3-4-13(10-14)18-2/h3-5,10,12H,6-9,11H2,1-2H3. The van der Waals surface area contributed by atoms with Crippen LogP contribution in [0.2, 0.25) is 0 Å². The molecule has 0 saturated carbocycles. The summed E-state index contributed by atoms with van der Waals surface area (Å²) < 4.78 is 21.1. The van der Waals surface area contributed by atoms with Crippen LogP contribution in [-0.4, -0.2) is 57.1 Å². The monoisotopic (exact) mass is 295 g/mol.